The van der Waals surface area contributed by atoms with E-state index in [1.165, 1.54) is 32.1 Å². The van der Waals surface area contributed by atoms with E-state index in [9.17, 15) is 0 Å². The summed E-state index contributed by atoms with van der Waals surface area (Å²) in [5.74, 6) is 1.87. The van der Waals surface area contributed by atoms with E-state index in [1.807, 2.05) is 0 Å². The van der Waals surface area contributed by atoms with Crippen molar-refractivity contribution in [1.29, 1.82) is 0 Å². The van der Waals surface area contributed by atoms with E-state index < -0.39 is 0 Å². The van der Waals surface area contributed by atoms with Crippen LogP contribution in [0.25, 0.3) is 0 Å². The number of hydrogen-bond donors (Lipinski definition) is 0. The second-order valence-electron chi connectivity index (χ2n) is 5.65. The highest BCUT2D eigenvalue weighted by atomic mass is 14.6. The van der Waals surface area contributed by atoms with Gasteiger partial charge in [0.25, 0.3) is 0 Å². The third kappa shape index (κ3) is 1.60. The average molecular weight is 200 g/mol. The van der Waals surface area contributed by atoms with Crippen LogP contribution in [-0.2, 0) is 0 Å². The molecular formula is C15H20. The SMILES string of the molecule is C[C@@H]1CC12CCC(c1ccccc1)CC2. The molecule has 0 radical (unpaired) electrons. The van der Waals surface area contributed by atoms with Gasteiger partial charge in [0.05, 0.1) is 0 Å². The van der Waals surface area contributed by atoms with Crippen molar-refractivity contribution in [3.8, 4) is 0 Å². The van der Waals surface area contributed by atoms with Gasteiger partial charge in [-0.3, -0.25) is 0 Å². The Kier molecular flexibility index (Phi) is 2.12. The minimum Gasteiger partial charge on any atom is -0.0622 e. The molecule has 2 aliphatic carbocycles. The summed E-state index contributed by atoms with van der Waals surface area (Å²) >= 11 is 0. The van der Waals surface area contributed by atoms with Crippen molar-refractivity contribution in [2.45, 2.75) is 44.9 Å². The lowest BCUT2D eigenvalue weighted by molar-refractivity contribution is 0.286. The van der Waals surface area contributed by atoms with E-state index >= 15 is 0 Å². The first-order chi connectivity index (χ1) is 7.30. The van der Waals surface area contributed by atoms with Crippen molar-refractivity contribution < 1.29 is 0 Å². The molecule has 1 aromatic carbocycles. The van der Waals surface area contributed by atoms with Gasteiger partial charge in [-0.15, -0.1) is 0 Å². The summed E-state index contributed by atoms with van der Waals surface area (Å²) in [7, 11) is 0. The Hall–Kier alpha value is -0.780. The predicted molar refractivity (Wildman–Crippen MR) is 63.9 cm³/mol. The Morgan fingerprint density at radius 2 is 1.67 bits per heavy atom. The molecule has 0 saturated heterocycles. The molecule has 0 nitrogen and oxygen atoms in total. The molecule has 0 unspecified atom stereocenters. The lowest BCUT2D eigenvalue weighted by atomic mass is 9.76. The van der Waals surface area contributed by atoms with Crippen molar-refractivity contribution in [2.75, 3.05) is 0 Å². The van der Waals surface area contributed by atoms with Gasteiger partial charge in [-0.05, 0) is 54.9 Å². The highest BCUT2D eigenvalue weighted by molar-refractivity contribution is 5.21. The fourth-order valence-corrected chi connectivity index (χ4v) is 3.50. The first kappa shape index (κ1) is 9.45. The van der Waals surface area contributed by atoms with Gasteiger partial charge in [0.15, 0.2) is 0 Å². The van der Waals surface area contributed by atoms with Gasteiger partial charge in [-0.1, -0.05) is 37.3 Å². The van der Waals surface area contributed by atoms with Gasteiger partial charge < -0.3 is 0 Å². The van der Waals surface area contributed by atoms with Gasteiger partial charge >= 0.3 is 0 Å². The summed E-state index contributed by atoms with van der Waals surface area (Å²) in [5.41, 5.74) is 2.37. The molecule has 2 aliphatic rings. The molecular weight excluding hydrogens is 180 g/mol. The fourth-order valence-electron chi connectivity index (χ4n) is 3.50. The van der Waals surface area contributed by atoms with Crippen LogP contribution in [0.15, 0.2) is 30.3 Å². The third-order valence-corrected chi connectivity index (χ3v) is 4.85. The second kappa shape index (κ2) is 3.37. The lowest BCUT2D eigenvalue weighted by Crippen LogP contribution is -2.15. The molecule has 0 amide bonds. The van der Waals surface area contributed by atoms with E-state index in [4.69, 9.17) is 0 Å². The van der Waals surface area contributed by atoms with Crippen LogP contribution in [0.5, 0.6) is 0 Å². The van der Waals surface area contributed by atoms with E-state index in [2.05, 4.69) is 37.3 Å². The largest absolute Gasteiger partial charge is 0.0622 e. The molecule has 15 heavy (non-hydrogen) atoms. The van der Waals surface area contributed by atoms with Gasteiger partial charge in [-0.2, -0.15) is 0 Å². The maximum atomic E-state index is 2.43. The Morgan fingerprint density at radius 3 is 2.20 bits per heavy atom. The number of benzene rings is 1. The van der Waals surface area contributed by atoms with Crippen molar-refractivity contribution in [3.63, 3.8) is 0 Å². The predicted octanol–water partition coefficient (Wildman–Crippen LogP) is 4.37. The zero-order chi connectivity index (χ0) is 10.3. The molecule has 2 fully saturated rings. The minimum atomic E-state index is 0.797. The van der Waals surface area contributed by atoms with Crippen molar-refractivity contribution in [2.24, 2.45) is 11.3 Å². The molecule has 0 N–H and O–H groups in total. The topological polar surface area (TPSA) is 0 Å². The quantitative estimate of drug-likeness (QED) is 0.631. The first-order valence-electron chi connectivity index (χ1n) is 6.35. The zero-order valence-corrected chi connectivity index (χ0v) is 9.58. The van der Waals surface area contributed by atoms with Crippen LogP contribution in [0, 0.1) is 11.3 Å². The molecule has 0 aromatic heterocycles. The van der Waals surface area contributed by atoms with Crippen molar-refractivity contribution >= 4 is 0 Å². The Balaban J connectivity index is 1.68. The summed E-state index contributed by atoms with van der Waals surface area (Å²) in [6, 6.07) is 11.1. The summed E-state index contributed by atoms with van der Waals surface area (Å²) in [6.07, 6.45) is 7.32. The second-order valence-corrected chi connectivity index (χ2v) is 5.65. The van der Waals surface area contributed by atoms with Crippen LogP contribution < -0.4 is 0 Å². The third-order valence-electron chi connectivity index (χ3n) is 4.85. The molecule has 0 heteroatoms. The molecule has 0 aliphatic heterocycles. The molecule has 1 atom stereocenters. The van der Waals surface area contributed by atoms with Crippen LogP contribution >= 0.6 is 0 Å². The fraction of sp³-hybridized carbons (Fsp3) is 0.600. The highest BCUT2D eigenvalue weighted by Crippen LogP contribution is 2.62. The molecule has 0 heterocycles. The number of hydrogen-bond acceptors (Lipinski definition) is 0. The number of rotatable bonds is 1. The summed E-state index contributed by atoms with van der Waals surface area (Å²) < 4.78 is 0. The Labute approximate surface area is 92.7 Å². The van der Waals surface area contributed by atoms with Crippen LogP contribution in [0.3, 0.4) is 0 Å². The first-order valence-corrected chi connectivity index (χ1v) is 6.35. The van der Waals surface area contributed by atoms with Crippen LogP contribution in [0.2, 0.25) is 0 Å². The van der Waals surface area contributed by atoms with E-state index in [1.54, 1.807) is 5.56 Å². The van der Waals surface area contributed by atoms with Gasteiger partial charge in [-0.25, -0.2) is 0 Å². The van der Waals surface area contributed by atoms with Crippen molar-refractivity contribution in [3.05, 3.63) is 35.9 Å². The molecule has 80 valence electrons. The van der Waals surface area contributed by atoms with Crippen LogP contribution in [0.4, 0.5) is 0 Å². The monoisotopic (exact) mass is 200 g/mol. The maximum Gasteiger partial charge on any atom is -0.0162 e. The Morgan fingerprint density at radius 1 is 1.07 bits per heavy atom. The molecule has 1 aromatic rings. The minimum absolute atomic E-state index is 0.797. The van der Waals surface area contributed by atoms with E-state index in [-0.39, 0.29) is 0 Å². The van der Waals surface area contributed by atoms with E-state index in [0.717, 1.165) is 17.3 Å². The zero-order valence-electron chi connectivity index (χ0n) is 9.58. The van der Waals surface area contributed by atoms with Crippen LogP contribution in [0.1, 0.15) is 50.5 Å². The van der Waals surface area contributed by atoms with Crippen LogP contribution in [-0.4, -0.2) is 0 Å². The molecule has 2 saturated carbocycles. The summed E-state index contributed by atoms with van der Waals surface area (Å²) in [5, 5.41) is 0. The summed E-state index contributed by atoms with van der Waals surface area (Å²) in [6.45, 7) is 2.43. The smallest absolute Gasteiger partial charge is 0.0162 e. The Bertz CT molecular complexity index is 330. The van der Waals surface area contributed by atoms with Gasteiger partial charge in [0, 0.05) is 0 Å². The lowest BCUT2D eigenvalue weighted by Gasteiger charge is -2.29. The average Bonchev–Trinajstić information content (AvgIpc) is 2.91. The molecule has 0 bridgehead atoms. The summed E-state index contributed by atoms with van der Waals surface area (Å²) in [4.78, 5) is 0. The standard InChI is InChI=1S/C15H20/c1-12-11-15(12)9-7-14(8-10-15)13-5-3-2-4-6-13/h2-6,12,14H,7-11H2,1H3/t12-,14?,15?/m1/s1. The maximum absolute atomic E-state index is 2.43. The van der Waals surface area contributed by atoms with Gasteiger partial charge in [0.1, 0.15) is 0 Å². The highest BCUT2D eigenvalue weighted by Gasteiger charge is 2.51. The van der Waals surface area contributed by atoms with E-state index in [0.29, 0.717) is 0 Å². The van der Waals surface area contributed by atoms with Crippen molar-refractivity contribution in [1.82, 2.24) is 0 Å². The normalized spacial score (nSPS) is 39.3. The molecule has 3 rings (SSSR count). The molecule has 1 spiro atoms. The van der Waals surface area contributed by atoms with Gasteiger partial charge in [0.2, 0.25) is 0 Å².